The molecule has 0 aromatic rings. The van der Waals surface area contributed by atoms with E-state index in [9.17, 15) is 4.79 Å². The van der Waals surface area contributed by atoms with Gasteiger partial charge in [0.15, 0.2) is 0 Å². The number of nitrogens with one attached hydrogen (secondary N) is 1. The molecule has 0 radical (unpaired) electrons. The topological polar surface area (TPSA) is 67.6 Å². The van der Waals surface area contributed by atoms with E-state index in [1.165, 1.54) is 0 Å². The number of amides is 1. The lowest BCUT2D eigenvalue weighted by Crippen LogP contribution is -2.46. The van der Waals surface area contributed by atoms with Gasteiger partial charge in [0.25, 0.3) is 0 Å². The molecule has 0 bridgehead atoms. The van der Waals surface area contributed by atoms with E-state index in [-0.39, 0.29) is 5.91 Å². The summed E-state index contributed by atoms with van der Waals surface area (Å²) in [4.78, 5) is 14.1. The summed E-state index contributed by atoms with van der Waals surface area (Å²) in [5, 5.41) is 2.90. The fourth-order valence-electron chi connectivity index (χ4n) is 2.13. The van der Waals surface area contributed by atoms with E-state index in [1.54, 1.807) is 7.11 Å². The fourth-order valence-corrected chi connectivity index (χ4v) is 2.13. The van der Waals surface area contributed by atoms with Crippen LogP contribution in [-0.2, 0) is 9.53 Å². The molecule has 0 aliphatic rings. The second-order valence-electron chi connectivity index (χ2n) is 5.46. The van der Waals surface area contributed by atoms with Crippen molar-refractivity contribution in [3.05, 3.63) is 0 Å². The third-order valence-electron chi connectivity index (χ3n) is 3.20. The maximum absolute atomic E-state index is 11.8. The minimum absolute atomic E-state index is 0.0661. The van der Waals surface area contributed by atoms with Gasteiger partial charge >= 0.3 is 0 Å². The molecule has 5 nitrogen and oxygen atoms in total. The van der Waals surface area contributed by atoms with E-state index in [1.807, 2.05) is 0 Å². The molecular formula is C14H31N3O2. The molecule has 0 saturated carbocycles. The summed E-state index contributed by atoms with van der Waals surface area (Å²) in [5.41, 5.74) is 5.81. The van der Waals surface area contributed by atoms with Crippen molar-refractivity contribution in [2.24, 2.45) is 5.73 Å². The Labute approximate surface area is 117 Å². The van der Waals surface area contributed by atoms with Crippen LogP contribution in [0.4, 0.5) is 0 Å². The summed E-state index contributed by atoms with van der Waals surface area (Å²) in [6.45, 7) is 10.8. The largest absolute Gasteiger partial charge is 0.385 e. The van der Waals surface area contributed by atoms with Crippen LogP contribution < -0.4 is 11.1 Å². The molecule has 0 rings (SSSR count). The van der Waals surface area contributed by atoms with Crippen LogP contribution in [-0.4, -0.2) is 55.7 Å². The average molecular weight is 273 g/mol. The molecule has 19 heavy (non-hydrogen) atoms. The molecule has 0 saturated heterocycles. The van der Waals surface area contributed by atoms with Gasteiger partial charge in [-0.05, 0) is 40.5 Å². The first-order chi connectivity index (χ1) is 8.90. The molecular weight excluding hydrogens is 242 g/mol. The van der Waals surface area contributed by atoms with Crippen LogP contribution >= 0.6 is 0 Å². The normalized spacial score (nSPS) is 13.3. The van der Waals surface area contributed by atoms with E-state index in [2.05, 4.69) is 37.9 Å². The van der Waals surface area contributed by atoms with E-state index in [4.69, 9.17) is 10.5 Å². The number of nitrogens with two attached hydrogens (primary N) is 1. The molecule has 1 atom stereocenters. The smallest absolute Gasteiger partial charge is 0.236 e. The Bertz CT molecular complexity index is 237. The van der Waals surface area contributed by atoms with E-state index >= 15 is 0 Å². The molecule has 0 spiro atoms. The van der Waals surface area contributed by atoms with Crippen LogP contribution in [0.1, 0.15) is 40.5 Å². The van der Waals surface area contributed by atoms with Crippen LogP contribution in [0.2, 0.25) is 0 Å². The first kappa shape index (κ1) is 18.4. The monoisotopic (exact) mass is 273 g/mol. The number of carbonyl (C=O) groups is 1. The van der Waals surface area contributed by atoms with E-state index < -0.39 is 6.04 Å². The van der Waals surface area contributed by atoms with Gasteiger partial charge in [-0.2, -0.15) is 0 Å². The van der Waals surface area contributed by atoms with Gasteiger partial charge in [-0.25, -0.2) is 0 Å². The maximum Gasteiger partial charge on any atom is 0.236 e. The second kappa shape index (κ2) is 10.2. The van der Waals surface area contributed by atoms with Gasteiger partial charge in [0, 0.05) is 38.9 Å². The Hall–Kier alpha value is -0.650. The number of ether oxygens (including phenoxy) is 1. The van der Waals surface area contributed by atoms with E-state index in [0.29, 0.717) is 31.7 Å². The van der Waals surface area contributed by atoms with Crippen LogP contribution in [0.15, 0.2) is 0 Å². The van der Waals surface area contributed by atoms with Crippen molar-refractivity contribution in [3.63, 3.8) is 0 Å². The molecule has 0 aromatic carbocycles. The van der Waals surface area contributed by atoms with Crippen LogP contribution in [0.3, 0.4) is 0 Å². The van der Waals surface area contributed by atoms with Crippen molar-refractivity contribution in [3.8, 4) is 0 Å². The lowest BCUT2D eigenvalue weighted by molar-refractivity contribution is -0.122. The number of rotatable bonds is 10. The number of methoxy groups -OCH3 is 1. The van der Waals surface area contributed by atoms with Gasteiger partial charge in [0.2, 0.25) is 5.91 Å². The zero-order valence-electron chi connectivity index (χ0n) is 13.1. The van der Waals surface area contributed by atoms with Crippen molar-refractivity contribution >= 4 is 5.91 Å². The third kappa shape index (κ3) is 8.18. The van der Waals surface area contributed by atoms with Gasteiger partial charge in [0.05, 0.1) is 6.04 Å². The quantitative estimate of drug-likeness (QED) is 0.582. The van der Waals surface area contributed by atoms with Gasteiger partial charge in [-0.3, -0.25) is 9.69 Å². The predicted octanol–water partition coefficient (Wildman–Crippen LogP) is 0.975. The summed E-state index contributed by atoms with van der Waals surface area (Å²) < 4.78 is 4.94. The summed E-state index contributed by atoms with van der Waals surface area (Å²) in [7, 11) is 1.65. The Morgan fingerprint density at radius 2 is 1.84 bits per heavy atom. The predicted molar refractivity (Wildman–Crippen MR) is 79.1 cm³/mol. The van der Waals surface area contributed by atoms with E-state index in [0.717, 1.165) is 13.0 Å². The highest BCUT2D eigenvalue weighted by atomic mass is 16.5. The summed E-state index contributed by atoms with van der Waals surface area (Å²) in [6, 6.07) is 0.529. The van der Waals surface area contributed by atoms with Crippen molar-refractivity contribution in [2.45, 2.75) is 58.7 Å². The standard InChI is InChI=1S/C14H31N3O2/c1-11(2)17(12(3)4)9-8-16-14(18)13(15)7-6-10-19-5/h11-13H,6-10,15H2,1-5H3,(H,16,18). The Morgan fingerprint density at radius 3 is 2.32 bits per heavy atom. The fraction of sp³-hybridized carbons (Fsp3) is 0.929. The molecule has 1 unspecified atom stereocenters. The zero-order valence-corrected chi connectivity index (χ0v) is 13.1. The third-order valence-corrected chi connectivity index (χ3v) is 3.20. The zero-order chi connectivity index (χ0) is 14.8. The maximum atomic E-state index is 11.8. The molecule has 114 valence electrons. The van der Waals surface area contributed by atoms with Gasteiger partial charge in [-0.1, -0.05) is 0 Å². The summed E-state index contributed by atoms with van der Waals surface area (Å²) >= 11 is 0. The van der Waals surface area contributed by atoms with Crippen molar-refractivity contribution in [1.29, 1.82) is 0 Å². The Balaban J connectivity index is 3.89. The molecule has 3 N–H and O–H groups in total. The molecule has 5 heteroatoms. The molecule has 0 heterocycles. The number of carbonyl (C=O) groups excluding carboxylic acids is 1. The number of hydrogen-bond donors (Lipinski definition) is 2. The number of hydrogen-bond acceptors (Lipinski definition) is 4. The Kier molecular flexibility index (Phi) is 9.83. The molecule has 1 amide bonds. The Morgan fingerprint density at radius 1 is 1.26 bits per heavy atom. The highest BCUT2D eigenvalue weighted by molar-refractivity contribution is 5.81. The van der Waals surface area contributed by atoms with Crippen LogP contribution in [0.5, 0.6) is 0 Å². The second-order valence-corrected chi connectivity index (χ2v) is 5.46. The van der Waals surface area contributed by atoms with Crippen molar-refractivity contribution < 1.29 is 9.53 Å². The summed E-state index contributed by atoms with van der Waals surface area (Å²) in [5.74, 6) is -0.0661. The lowest BCUT2D eigenvalue weighted by Gasteiger charge is -2.30. The molecule has 0 fully saturated rings. The first-order valence-corrected chi connectivity index (χ1v) is 7.18. The van der Waals surface area contributed by atoms with Crippen molar-refractivity contribution in [2.75, 3.05) is 26.8 Å². The highest BCUT2D eigenvalue weighted by Gasteiger charge is 2.15. The molecule has 0 aliphatic carbocycles. The average Bonchev–Trinajstić information content (AvgIpc) is 2.33. The molecule has 0 aliphatic heterocycles. The number of nitrogens with zero attached hydrogens (tertiary/aromatic N) is 1. The summed E-state index contributed by atoms with van der Waals surface area (Å²) in [6.07, 6.45) is 1.48. The lowest BCUT2D eigenvalue weighted by atomic mass is 10.1. The SMILES string of the molecule is COCCCC(N)C(=O)NCCN(C(C)C)C(C)C. The van der Waals surface area contributed by atoms with Gasteiger partial charge in [0.1, 0.15) is 0 Å². The molecule has 0 aromatic heterocycles. The van der Waals surface area contributed by atoms with Gasteiger partial charge < -0.3 is 15.8 Å². The minimum atomic E-state index is -0.429. The van der Waals surface area contributed by atoms with Crippen LogP contribution in [0.25, 0.3) is 0 Å². The van der Waals surface area contributed by atoms with Crippen LogP contribution in [0, 0.1) is 0 Å². The highest BCUT2D eigenvalue weighted by Crippen LogP contribution is 2.03. The minimum Gasteiger partial charge on any atom is -0.385 e. The van der Waals surface area contributed by atoms with Gasteiger partial charge in [-0.15, -0.1) is 0 Å². The first-order valence-electron chi connectivity index (χ1n) is 7.18. The van der Waals surface area contributed by atoms with Crippen molar-refractivity contribution in [1.82, 2.24) is 10.2 Å².